The molecular formula is C16H18N4O2S. The van der Waals surface area contributed by atoms with Crippen LogP contribution in [0.5, 0.6) is 11.5 Å². The summed E-state index contributed by atoms with van der Waals surface area (Å²) in [5, 5.41) is 0. The molecule has 0 aliphatic heterocycles. The molecule has 3 aromatic rings. The van der Waals surface area contributed by atoms with Crippen LogP contribution in [0, 0.1) is 6.92 Å². The van der Waals surface area contributed by atoms with Crippen molar-refractivity contribution < 1.29 is 9.47 Å². The maximum atomic E-state index is 5.80. The van der Waals surface area contributed by atoms with Crippen molar-refractivity contribution in [3.8, 4) is 21.9 Å². The number of nitrogens with zero attached hydrogens (tertiary/aromatic N) is 2. The Bertz CT molecular complexity index is 847. The normalized spacial score (nSPS) is 10.8. The first-order valence-corrected chi connectivity index (χ1v) is 8.03. The highest BCUT2D eigenvalue weighted by Gasteiger charge is 2.21. The van der Waals surface area contributed by atoms with Gasteiger partial charge in [-0.25, -0.2) is 15.8 Å². The molecule has 0 saturated carbocycles. The van der Waals surface area contributed by atoms with Crippen molar-refractivity contribution in [1.82, 2.24) is 9.97 Å². The van der Waals surface area contributed by atoms with E-state index < -0.39 is 0 Å². The third-order valence-electron chi connectivity index (χ3n) is 3.45. The van der Waals surface area contributed by atoms with Crippen LogP contribution in [0.4, 0.5) is 5.82 Å². The highest BCUT2D eigenvalue weighted by molar-refractivity contribution is 7.23. The van der Waals surface area contributed by atoms with E-state index in [1.165, 1.54) is 17.7 Å². The Morgan fingerprint density at radius 2 is 2.13 bits per heavy atom. The fourth-order valence-electron chi connectivity index (χ4n) is 2.45. The summed E-state index contributed by atoms with van der Waals surface area (Å²) in [6.07, 6.45) is 1.47. The number of aryl methyl sites for hydroxylation is 1. The minimum atomic E-state index is 0.578. The maximum absolute atomic E-state index is 5.80. The fraction of sp³-hybridized carbons (Fsp3) is 0.250. The van der Waals surface area contributed by atoms with Gasteiger partial charge in [-0.05, 0) is 31.5 Å². The first-order chi connectivity index (χ1) is 11.2. The number of hydrazine groups is 1. The fourth-order valence-corrected chi connectivity index (χ4v) is 3.66. The molecule has 23 heavy (non-hydrogen) atoms. The van der Waals surface area contributed by atoms with Gasteiger partial charge in [0, 0.05) is 5.56 Å². The number of nitrogen functional groups attached to an aromatic ring is 1. The molecule has 0 bridgehead atoms. The predicted molar refractivity (Wildman–Crippen MR) is 93.1 cm³/mol. The molecule has 0 atom stereocenters. The molecule has 0 amide bonds. The summed E-state index contributed by atoms with van der Waals surface area (Å²) in [5.41, 5.74) is 5.45. The second kappa shape index (κ2) is 6.39. The van der Waals surface area contributed by atoms with E-state index in [4.69, 9.17) is 15.3 Å². The van der Waals surface area contributed by atoms with Crippen LogP contribution in [-0.4, -0.2) is 23.7 Å². The minimum absolute atomic E-state index is 0.578. The van der Waals surface area contributed by atoms with Crippen LogP contribution < -0.4 is 20.7 Å². The Hall–Kier alpha value is -2.38. The summed E-state index contributed by atoms with van der Waals surface area (Å²) in [6, 6.07) is 6.11. The van der Waals surface area contributed by atoms with E-state index in [1.807, 2.05) is 26.0 Å². The van der Waals surface area contributed by atoms with E-state index in [0.29, 0.717) is 18.2 Å². The number of hydrogen-bond donors (Lipinski definition) is 2. The average Bonchev–Trinajstić information content (AvgIpc) is 2.93. The number of nitrogens with one attached hydrogen (secondary N) is 1. The van der Waals surface area contributed by atoms with Crippen LogP contribution in [0.15, 0.2) is 24.5 Å². The number of ether oxygens (including phenoxy) is 2. The molecule has 0 radical (unpaired) electrons. The average molecular weight is 330 g/mol. The van der Waals surface area contributed by atoms with Crippen LogP contribution in [-0.2, 0) is 0 Å². The van der Waals surface area contributed by atoms with Crippen molar-refractivity contribution in [3.63, 3.8) is 0 Å². The van der Waals surface area contributed by atoms with Crippen molar-refractivity contribution in [2.45, 2.75) is 13.8 Å². The maximum Gasteiger partial charge on any atom is 0.164 e. The molecule has 0 aliphatic rings. The van der Waals surface area contributed by atoms with E-state index in [1.54, 1.807) is 7.11 Å². The van der Waals surface area contributed by atoms with Crippen molar-refractivity contribution in [2.24, 2.45) is 5.84 Å². The molecule has 7 heteroatoms. The smallest absolute Gasteiger partial charge is 0.164 e. The highest BCUT2D eigenvalue weighted by atomic mass is 32.1. The second-order valence-electron chi connectivity index (χ2n) is 4.94. The second-order valence-corrected chi connectivity index (χ2v) is 5.96. The molecule has 2 heterocycles. The van der Waals surface area contributed by atoms with Crippen molar-refractivity contribution in [3.05, 3.63) is 30.1 Å². The molecule has 6 nitrogen and oxygen atoms in total. The molecular weight excluding hydrogens is 312 g/mol. The van der Waals surface area contributed by atoms with Gasteiger partial charge in [-0.3, -0.25) is 0 Å². The number of aromatic nitrogens is 2. The zero-order valence-electron chi connectivity index (χ0n) is 13.2. The molecule has 1 aromatic carbocycles. The molecule has 120 valence electrons. The number of methoxy groups -OCH3 is 1. The number of nitrogens with two attached hydrogens (primary N) is 1. The highest BCUT2D eigenvalue weighted by Crippen LogP contribution is 2.47. The number of benzene rings is 1. The first-order valence-electron chi connectivity index (χ1n) is 7.21. The lowest BCUT2D eigenvalue weighted by Crippen LogP contribution is -2.08. The van der Waals surface area contributed by atoms with Crippen molar-refractivity contribution >= 4 is 27.4 Å². The lowest BCUT2D eigenvalue weighted by atomic mass is 10.1. The number of thiophene rings is 1. The molecule has 3 rings (SSSR count). The number of rotatable bonds is 5. The van der Waals surface area contributed by atoms with Gasteiger partial charge in [0.25, 0.3) is 0 Å². The quantitative estimate of drug-likeness (QED) is 0.551. The summed E-state index contributed by atoms with van der Waals surface area (Å²) < 4.78 is 12.3. The third-order valence-corrected chi connectivity index (χ3v) is 4.65. The van der Waals surface area contributed by atoms with E-state index in [2.05, 4.69) is 21.5 Å². The van der Waals surface area contributed by atoms with Gasteiger partial charge in [0.15, 0.2) is 11.6 Å². The lowest BCUT2D eigenvalue weighted by molar-refractivity contribution is 0.341. The van der Waals surface area contributed by atoms with Crippen molar-refractivity contribution in [1.29, 1.82) is 0 Å². The largest absolute Gasteiger partial charge is 0.493 e. The van der Waals surface area contributed by atoms with Gasteiger partial charge in [0.05, 0.1) is 18.6 Å². The number of anilines is 1. The predicted octanol–water partition coefficient (Wildman–Crippen LogP) is 3.36. The molecule has 3 N–H and O–H groups in total. The van der Waals surface area contributed by atoms with E-state index >= 15 is 0 Å². The summed E-state index contributed by atoms with van der Waals surface area (Å²) >= 11 is 1.53. The molecule has 0 spiro atoms. The summed E-state index contributed by atoms with van der Waals surface area (Å²) in [6.45, 7) is 4.60. The Labute approximate surface area is 138 Å². The molecule has 0 unspecified atom stereocenters. The van der Waals surface area contributed by atoms with E-state index in [9.17, 15) is 0 Å². The molecule has 2 aromatic heterocycles. The SMILES string of the molecule is CCOc1cc(C)ccc1-c1sc2c(NN)ncnc2c1OC. The summed E-state index contributed by atoms with van der Waals surface area (Å²) in [5.74, 6) is 7.66. The first kappa shape index (κ1) is 15.5. The standard InChI is InChI=1S/C16H18N4O2S/c1-4-22-11-7-9(2)5-6-10(11)14-13(21-3)12-15(23-14)16(20-17)19-8-18-12/h5-8H,4,17H2,1-3H3,(H,18,19,20). The van der Waals surface area contributed by atoms with Crippen LogP contribution in [0.2, 0.25) is 0 Å². The third kappa shape index (κ3) is 2.69. The van der Waals surface area contributed by atoms with Crippen LogP contribution in [0.3, 0.4) is 0 Å². The number of fused-ring (bicyclic) bond motifs is 1. The summed E-state index contributed by atoms with van der Waals surface area (Å²) in [4.78, 5) is 9.44. The molecule has 0 aliphatic carbocycles. The van der Waals surface area contributed by atoms with Crippen LogP contribution >= 0.6 is 11.3 Å². The van der Waals surface area contributed by atoms with Gasteiger partial charge < -0.3 is 14.9 Å². The summed E-state index contributed by atoms with van der Waals surface area (Å²) in [7, 11) is 1.64. The topological polar surface area (TPSA) is 82.3 Å². The Morgan fingerprint density at radius 1 is 1.30 bits per heavy atom. The van der Waals surface area contributed by atoms with Gasteiger partial charge in [0.1, 0.15) is 22.3 Å². The van der Waals surface area contributed by atoms with E-state index in [0.717, 1.165) is 32.0 Å². The molecule has 0 fully saturated rings. The lowest BCUT2D eigenvalue weighted by Gasteiger charge is -2.11. The minimum Gasteiger partial charge on any atom is -0.493 e. The Morgan fingerprint density at radius 3 is 2.83 bits per heavy atom. The van der Waals surface area contributed by atoms with Gasteiger partial charge in [0.2, 0.25) is 0 Å². The zero-order chi connectivity index (χ0) is 16.4. The molecule has 0 saturated heterocycles. The number of hydrogen-bond acceptors (Lipinski definition) is 7. The van der Waals surface area contributed by atoms with Crippen molar-refractivity contribution in [2.75, 3.05) is 19.1 Å². The monoisotopic (exact) mass is 330 g/mol. The van der Waals surface area contributed by atoms with E-state index in [-0.39, 0.29) is 0 Å². The van der Waals surface area contributed by atoms with Crippen LogP contribution in [0.25, 0.3) is 20.7 Å². The Kier molecular flexibility index (Phi) is 4.31. The van der Waals surface area contributed by atoms with Gasteiger partial charge in [-0.2, -0.15) is 0 Å². The van der Waals surface area contributed by atoms with Crippen LogP contribution in [0.1, 0.15) is 12.5 Å². The van der Waals surface area contributed by atoms with Gasteiger partial charge in [-0.1, -0.05) is 6.07 Å². The van der Waals surface area contributed by atoms with Gasteiger partial charge in [-0.15, -0.1) is 11.3 Å². The zero-order valence-corrected chi connectivity index (χ0v) is 14.0. The Balaban J connectivity index is 2.28. The van der Waals surface area contributed by atoms with Gasteiger partial charge >= 0.3 is 0 Å².